The number of piperidine rings is 2. The summed E-state index contributed by atoms with van der Waals surface area (Å²) in [6.45, 7) is 3.22. The summed E-state index contributed by atoms with van der Waals surface area (Å²) >= 11 is 0. The van der Waals surface area contributed by atoms with Crippen LogP contribution in [0.3, 0.4) is 0 Å². The number of likely N-dealkylation sites (N-methyl/N-ethyl adjacent to an activating group) is 1. The van der Waals surface area contributed by atoms with Crippen LogP contribution in [0.2, 0.25) is 0 Å². The summed E-state index contributed by atoms with van der Waals surface area (Å²) in [5, 5.41) is 9.38. The number of amides is 2. The molecule has 0 atom stereocenters. The predicted octanol–water partition coefficient (Wildman–Crippen LogP) is 0.144. The van der Waals surface area contributed by atoms with Gasteiger partial charge in [-0.05, 0) is 45.8 Å². The van der Waals surface area contributed by atoms with Crippen LogP contribution in [0.4, 0.5) is 0 Å². The van der Waals surface area contributed by atoms with E-state index in [9.17, 15) is 14.9 Å². The van der Waals surface area contributed by atoms with Crippen molar-refractivity contribution in [3.8, 4) is 6.07 Å². The molecule has 2 heterocycles. The summed E-state index contributed by atoms with van der Waals surface area (Å²) in [5.74, 6) is -0.584. The number of rotatable bonds is 4. The minimum absolute atomic E-state index is 0.0993. The van der Waals surface area contributed by atoms with Gasteiger partial charge >= 0.3 is 0 Å². The van der Waals surface area contributed by atoms with Gasteiger partial charge in [-0.1, -0.05) is 0 Å². The number of nitrogens with zero attached hydrogens (tertiary/aromatic N) is 4. The predicted molar refractivity (Wildman–Crippen MR) is 90.5 cm³/mol. The summed E-state index contributed by atoms with van der Waals surface area (Å²) < 4.78 is 0. The van der Waals surface area contributed by atoms with Crippen molar-refractivity contribution in [3.63, 3.8) is 0 Å². The molecule has 0 aromatic heterocycles. The molecule has 0 saturated carbocycles. The number of primary amides is 1. The summed E-state index contributed by atoms with van der Waals surface area (Å²) in [4.78, 5) is 29.7. The Morgan fingerprint density at radius 2 is 1.75 bits per heavy atom. The molecule has 2 aliphatic rings. The second kappa shape index (κ2) is 8.15. The molecule has 2 amide bonds. The van der Waals surface area contributed by atoms with Gasteiger partial charge in [-0.15, -0.1) is 0 Å². The van der Waals surface area contributed by atoms with Gasteiger partial charge in [0, 0.05) is 38.3 Å². The first kappa shape index (κ1) is 18.3. The maximum atomic E-state index is 12.6. The smallest absolute Gasteiger partial charge is 0.265 e. The molecule has 0 bridgehead atoms. The second-order valence-electron chi connectivity index (χ2n) is 6.82. The summed E-state index contributed by atoms with van der Waals surface area (Å²) in [6.07, 6.45) is 4.85. The SMILES string of the molecule is CN1CCC(N(C)C(=O)/C(C#N)=C\N2CCC(C(N)=O)CC2)CC1. The van der Waals surface area contributed by atoms with E-state index >= 15 is 0 Å². The van der Waals surface area contributed by atoms with Gasteiger partial charge in [-0.3, -0.25) is 9.59 Å². The van der Waals surface area contributed by atoms with Crippen molar-refractivity contribution in [2.75, 3.05) is 40.3 Å². The lowest BCUT2D eigenvalue weighted by molar-refractivity contribution is -0.128. The number of carbonyl (C=O) groups is 2. The third kappa shape index (κ3) is 4.48. The van der Waals surface area contributed by atoms with E-state index in [1.807, 2.05) is 11.0 Å². The Labute approximate surface area is 143 Å². The Balaban J connectivity index is 1.96. The largest absolute Gasteiger partial charge is 0.376 e. The van der Waals surface area contributed by atoms with E-state index < -0.39 is 0 Å². The van der Waals surface area contributed by atoms with Crippen molar-refractivity contribution in [1.29, 1.82) is 5.26 Å². The Morgan fingerprint density at radius 3 is 2.25 bits per heavy atom. The van der Waals surface area contributed by atoms with Crippen molar-refractivity contribution in [1.82, 2.24) is 14.7 Å². The van der Waals surface area contributed by atoms with Gasteiger partial charge in [0.05, 0.1) is 0 Å². The Bertz CT molecular complexity index is 538. The quantitative estimate of drug-likeness (QED) is 0.583. The molecule has 0 spiro atoms. The molecule has 2 fully saturated rings. The van der Waals surface area contributed by atoms with Crippen LogP contribution in [0.25, 0.3) is 0 Å². The lowest BCUT2D eigenvalue weighted by Crippen LogP contribution is -2.45. The van der Waals surface area contributed by atoms with Crippen molar-refractivity contribution < 1.29 is 9.59 Å². The molecule has 2 N–H and O–H groups in total. The van der Waals surface area contributed by atoms with Gasteiger partial charge in [0.15, 0.2) is 0 Å². The lowest BCUT2D eigenvalue weighted by Gasteiger charge is -2.35. The molecule has 0 aromatic carbocycles. The standard InChI is InChI=1S/C17H27N5O2/c1-20-7-5-15(6-8-20)21(2)17(24)14(11-18)12-22-9-3-13(4-10-22)16(19)23/h12-13,15H,3-10H2,1-2H3,(H2,19,23)/b14-12-. The molecular weight excluding hydrogens is 306 g/mol. The number of hydrogen-bond acceptors (Lipinski definition) is 5. The minimum atomic E-state index is -0.266. The van der Waals surface area contributed by atoms with E-state index in [-0.39, 0.29) is 29.3 Å². The molecule has 0 radical (unpaired) electrons. The van der Waals surface area contributed by atoms with Crippen LogP contribution in [-0.2, 0) is 9.59 Å². The van der Waals surface area contributed by atoms with Crippen LogP contribution in [-0.4, -0.2) is 72.8 Å². The average Bonchev–Trinajstić information content (AvgIpc) is 2.59. The molecule has 2 saturated heterocycles. The van der Waals surface area contributed by atoms with E-state index in [2.05, 4.69) is 11.9 Å². The van der Waals surface area contributed by atoms with Crippen molar-refractivity contribution in [2.24, 2.45) is 11.7 Å². The van der Waals surface area contributed by atoms with Crippen molar-refractivity contribution in [2.45, 2.75) is 31.7 Å². The highest BCUT2D eigenvalue weighted by molar-refractivity contribution is 5.97. The zero-order valence-corrected chi connectivity index (χ0v) is 14.6. The van der Waals surface area contributed by atoms with Crippen LogP contribution >= 0.6 is 0 Å². The monoisotopic (exact) mass is 333 g/mol. The Morgan fingerprint density at radius 1 is 1.17 bits per heavy atom. The number of likely N-dealkylation sites (tertiary alicyclic amines) is 2. The highest BCUT2D eigenvalue weighted by Crippen LogP contribution is 2.19. The molecule has 24 heavy (non-hydrogen) atoms. The molecule has 132 valence electrons. The first-order valence-corrected chi connectivity index (χ1v) is 8.53. The molecule has 2 aliphatic heterocycles. The highest BCUT2D eigenvalue weighted by atomic mass is 16.2. The van der Waals surface area contributed by atoms with Gasteiger partial charge in [-0.25, -0.2) is 0 Å². The molecule has 7 heteroatoms. The maximum absolute atomic E-state index is 12.6. The van der Waals surface area contributed by atoms with E-state index in [4.69, 9.17) is 5.73 Å². The van der Waals surface area contributed by atoms with Crippen LogP contribution < -0.4 is 5.73 Å². The second-order valence-corrected chi connectivity index (χ2v) is 6.82. The zero-order chi connectivity index (χ0) is 17.7. The summed E-state index contributed by atoms with van der Waals surface area (Å²) in [5.41, 5.74) is 5.49. The van der Waals surface area contributed by atoms with Crippen LogP contribution in [0, 0.1) is 17.2 Å². The topological polar surface area (TPSA) is 93.7 Å². The van der Waals surface area contributed by atoms with Gasteiger partial charge in [0.25, 0.3) is 5.91 Å². The molecule has 0 aliphatic carbocycles. The molecule has 0 aromatic rings. The van der Waals surface area contributed by atoms with Crippen LogP contribution in [0.15, 0.2) is 11.8 Å². The zero-order valence-electron chi connectivity index (χ0n) is 14.6. The van der Waals surface area contributed by atoms with Gasteiger partial charge in [-0.2, -0.15) is 5.26 Å². The van der Waals surface area contributed by atoms with E-state index in [1.165, 1.54) is 0 Å². The minimum Gasteiger partial charge on any atom is -0.376 e. The molecule has 2 rings (SSSR count). The van der Waals surface area contributed by atoms with Gasteiger partial charge in [0.1, 0.15) is 11.6 Å². The van der Waals surface area contributed by atoms with Crippen molar-refractivity contribution in [3.05, 3.63) is 11.8 Å². The fourth-order valence-electron chi connectivity index (χ4n) is 3.37. The van der Waals surface area contributed by atoms with E-state index in [0.717, 1.165) is 25.9 Å². The van der Waals surface area contributed by atoms with E-state index in [0.29, 0.717) is 25.9 Å². The van der Waals surface area contributed by atoms with Crippen LogP contribution in [0.1, 0.15) is 25.7 Å². The number of carbonyl (C=O) groups excluding carboxylic acids is 2. The van der Waals surface area contributed by atoms with Gasteiger partial charge in [0.2, 0.25) is 5.91 Å². The maximum Gasteiger partial charge on any atom is 0.265 e. The normalized spacial score (nSPS) is 21.4. The highest BCUT2D eigenvalue weighted by Gasteiger charge is 2.27. The third-order valence-electron chi connectivity index (χ3n) is 5.15. The van der Waals surface area contributed by atoms with Crippen molar-refractivity contribution >= 4 is 11.8 Å². The fourth-order valence-corrected chi connectivity index (χ4v) is 3.37. The number of nitriles is 1. The Hall–Kier alpha value is -2.07. The Kier molecular flexibility index (Phi) is 6.21. The van der Waals surface area contributed by atoms with Gasteiger partial charge < -0.3 is 20.4 Å². The summed E-state index contributed by atoms with van der Waals surface area (Å²) in [7, 11) is 3.86. The van der Waals surface area contributed by atoms with E-state index in [1.54, 1.807) is 18.1 Å². The number of nitrogens with two attached hydrogens (primary N) is 1. The third-order valence-corrected chi connectivity index (χ3v) is 5.15. The molecular formula is C17H27N5O2. The summed E-state index contributed by atoms with van der Waals surface area (Å²) in [6, 6.07) is 2.22. The first-order valence-electron chi connectivity index (χ1n) is 8.53. The van der Waals surface area contributed by atoms with Crippen LogP contribution in [0.5, 0.6) is 0 Å². The average molecular weight is 333 g/mol. The lowest BCUT2D eigenvalue weighted by atomic mass is 9.96. The molecule has 7 nitrogen and oxygen atoms in total. The first-order chi connectivity index (χ1) is 11.4. The molecule has 0 unspecified atom stereocenters. The fraction of sp³-hybridized carbons (Fsp3) is 0.706. The number of hydrogen-bond donors (Lipinski definition) is 1.